The first-order valence-electron chi connectivity index (χ1n) is 14.4. The topological polar surface area (TPSA) is 142 Å². The van der Waals surface area contributed by atoms with E-state index in [1.807, 2.05) is 6.07 Å². The fourth-order valence-electron chi connectivity index (χ4n) is 6.46. The van der Waals surface area contributed by atoms with Gasteiger partial charge in [0.2, 0.25) is 11.7 Å². The zero-order chi connectivity index (χ0) is 27.3. The fourth-order valence-corrected chi connectivity index (χ4v) is 7.65. The monoisotopic (exact) mass is 561 g/mol. The number of nitrogens with zero attached hydrogens (tertiary/aromatic N) is 7. The van der Waals surface area contributed by atoms with E-state index in [1.165, 1.54) is 24.2 Å². The summed E-state index contributed by atoms with van der Waals surface area (Å²) < 4.78 is 12.5. The van der Waals surface area contributed by atoms with Crippen LogP contribution in [0.15, 0.2) is 10.6 Å². The quantitative estimate of drug-likeness (QED) is 0.439. The van der Waals surface area contributed by atoms with E-state index in [0.717, 1.165) is 94.2 Å². The second-order valence-corrected chi connectivity index (χ2v) is 12.9. The SMILES string of the molecule is C[C@]1(c2nc(-c3cc(N4CCNCC4)nc(OC4(CN5CCCC5)CC4)n3)no2)CCCc2sc(N)c(C#N)c21. The lowest BCUT2D eigenvalue weighted by Crippen LogP contribution is -2.44. The molecular formula is C28H35N9O2S. The molecule has 40 heavy (non-hydrogen) atoms. The Bertz CT molecular complexity index is 1450. The van der Waals surface area contributed by atoms with E-state index < -0.39 is 5.41 Å². The Morgan fingerprint density at radius 1 is 1.12 bits per heavy atom. The van der Waals surface area contributed by atoms with Crippen LogP contribution in [0.3, 0.4) is 0 Å². The Morgan fingerprint density at radius 2 is 1.93 bits per heavy atom. The highest BCUT2D eigenvalue weighted by Crippen LogP contribution is 2.48. The molecule has 1 atom stereocenters. The number of nitriles is 1. The third-order valence-corrected chi connectivity index (χ3v) is 9.92. The van der Waals surface area contributed by atoms with Gasteiger partial charge in [0.15, 0.2) is 0 Å². The molecule has 0 amide bonds. The molecule has 0 aromatic carbocycles. The van der Waals surface area contributed by atoms with Crippen LogP contribution in [0.2, 0.25) is 0 Å². The fraction of sp³-hybridized carbons (Fsp3) is 0.607. The average Bonchev–Trinajstić information content (AvgIpc) is 3.35. The van der Waals surface area contributed by atoms with Gasteiger partial charge >= 0.3 is 6.01 Å². The van der Waals surface area contributed by atoms with Crippen LogP contribution in [-0.4, -0.2) is 76.4 Å². The van der Waals surface area contributed by atoms with Crippen molar-refractivity contribution < 1.29 is 9.26 Å². The largest absolute Gasteiger partial charge is 0.455 e. The molecule has 2 aliphatic carbocycles. The Balaban J connectivity index is 1.23. The van der Waals surface area contributed by atoms with Crippen LogP contribution in [-0.2, 0) is 11.8 Å². The van der Waals surface area contributed by atoms with Crippen molar-refractivity contribution in [2.45, 2.75) is 62.9 Å². The Kier molecular flexibility index (Phi) is 6.40. The van der Waals surface area contributed by atoms with Crippen molar-refractivity contribution in [3.05, 3.63) is 28.0 Å². The number of ether oxygens (including phenoxy) is 1. The van der Waals surface area contributed by atoms with Crippen LogP contribution in [0.4, 0.5) is 10.8 Å². The molecule has 5 heterocycles. The third-order valence-electron chi connectivity index (χ3n) is 8.84. The summed E-state index contributed by atoms with van der Waals surface area (Å²) in [5.41, 5.74) is 7.47. The minimum atomic E-state index is -0.584. The third kappa shape index (κ3) is 4.60. The van der Waals surface area contributed by atoms with E-state index >= 15 is 0 Å². The predicted octanol–water partition coefficient (Wildman–Crippen LogP) is 3.10. The molecule has 2 saturated heterocycles. The minimum Gasteiger partial charge on any atom is -0.455 e. The van der Waals surface area contributed by atoms with Gasteiger partial charge in [-0.1, -0.05) is 5.16 Å². The number of aryl methyl sites for hydroxylation is 1. The second kappa shape index (κ2) is 9.98. The molecule has 12 heteroatoms. The van der Waals surface area contributed by atoms with E-state index in [0.29, 0.717) is 34.0 Å². The number of hydrogen-bond donors (Lipinski definition) is 2. The van der Waals surface area contributed by atoms with Gasteiger partial charge < -0.3 is 25.2 Å². The Hall–Kier alpha value is -3.27. The number of nitrogen functional groups attached to an aromatic ring is 1. The lowest BCUT2D eigenvalue weighted by Gasteiger charge is -2.30. The first-order chi connectivity index (χ1) is 19.5. The van der Waals surface area contributed by atoms with Crippen molar-refractivity contribution in [2.75, 3.05) is 56.4 Å². The van der Waals surface area contributed by atoms with Crippen LogP contribution >= 0.6 is 11.3 Å². The molecule has 3 fully saturated rings. The predicted molar refractivity (Wildman–Crippen MR) is 152 cm³/mol. The molecule has 210 valence electrons. The summed E-state index contributed by atoms with van der Waals surface area (Å²) in [6.07, 6.45) is 7.20. The van der Waals surface area contributed by atoms with Crippen molar-refractivity contribution in [2.24, 2.45) is 0 Å². The number of rotatable bonds is 7. The summed E-state index contributed by atoms with van der Waals surface area (Å²) in [4.78, 5) is 20.4. The van der Waals surface area contributed by atoms with Gasteiger partial charge in [0, 0.05) is 49.2 Å². The molecule has 0 bridgehead atoms. The number of fused-ring (bicyclic) bond motifs is 1. The average molecular weight is 562 g/mol. The molecule has 7 rings (SSSR count). The highest BCUT2D eigenvalue weighted by atomic mass is 32.1. The summed E-state index contributed by atoms with van der Waals surface area (Å²) in [5, 5.41) is 18.2. The van der Waals surface area contributed by atoms with E-state index in [9.17, 15) is 5.26 Å². The van der Waals surface area contributed by atoms with Crippen molar-refractivity contribution in [1.82, 2.24) is 30.3 Å². The van der Waals surface area contributed by atoms with Crippen LogP contribution in [0.5, 0.6) is 6.01 Å². The first-order valence-corrected chi connectivity index (χ1v) is 15.2. The second-order valence-electron chi connectivity index (χ2n) is 11.8. The molecule has 3 aromatic rings. The number of nitrogens with two attached hydrogens (primary N) is 1. The number of aromatic nitrogens is 4. The standard InChI is InChI=1S/C28H35N9O2S/c1-27(6-4-5-20-22(27)18(16-29)23(30)40-20)25-34-24(35-39-25)19-15-21(37-13-9-31-10-14-37)33-26(32-19)38-28(7-8-28)17-36-11-2-3-12-36/h15,31H,2-14,17,30H2,1H3/t27-/m0/s1. The normalized spacial score (nSPS) is 24.1. The number of likely N-dealkylation sites (tertiary alicyclic amines) is 1. The summed E-state index contributed by atoms with van der Waals surface area (Å²) in [6.45, 7) is 8.75. The van der Waals surface area contributed by atoms with Gasteiger partial charge in [0.1, 0.15) is 28.2 Å². The maximum atomic E-state index is 9.87. The summed E-state index contributed by atoms with van der Waals surface area (Å²) in [5.74, 6) is 1.70. The minimum absolute atomic E-state index is 0.218. The van der Waals surface area contributed by atoms with Crippen molar-refractivity contribution in [1.29, 1.82) is 5.26 Å². The van der Waals surface area contributed by atoms with Crippen LogP contribution in [0.25, 0.3) is 11.5 Å². The summed E-state index contributed by atoms with van der Waals surface area (Å²) in [6, 6.07) is 4.62. The maximum absolute atomic E-state index is 9.87. The number of thiophene rings is 1. The Labute approximate surface area is 237 Å². The van der Waals surface area contributed by atoms with E-state index in [2.05, 4.69) is 33.3 Å². The van der Waals surface area contributed by atoms with Crippen LogP contribution in [0, 0.1) is 11.3 Å². The molecule has 11 nitrogen and oxygen atoms in total. The molecule has 3 aromatic heterocycles. The van der Waals surface area contributed by atoms with E-state index in [4.69, 9.17) is 29.9 Å². The zero-order valence-corrected chi connectivity index (χ0v) is 23.7. The first kappa shape index (κ1) is 25.7. The molecule has 0 spiro atoms. The van der Waals surface area contributed by atoms with Gasteiger partial charge in [-0.2, -0.15) is 20.2 Å². The van der Waals surface area contributed by atoms with Gasteiger partial charge in [-0.15, -0.1) is 11.3 Å². The smallest absolute Gasteiger partial charge is 0.319 e. The summed E-state index contributed by atoms with van der Waals surface area (Å²) in [7, 11) is 0. The summed E-state index contributed by atoms with van der Waals surface area (Å²) >= 11 is 1.50. The van der Waals surface area contributed by atoms with Crippen molar-refractivity contribution in [3.8, 4) is 23.6 Å². The number of hydrogen-bond acceptors (Lipinski definition) is 12. The zero-order valence-electron chi connectivity index (χ0n) is 22.9. The van der Waals surface area contributed by atoms with Gasteiger partial charge in [-0.25, -0.2) is 0 Å². The Morgan fingerprint density at radius 3 is 2.67 bits per heavy atom. The molecule has 2 aliphatic heterocycles. The molecule has 1 saturated carbocycles. The molecule has 0 radical (unpaired) electrons. The lowest BCUT2D eigenvalue weighted by molar-refractivity contribution is 0.115. The van der Waals surface area contributed by atoms with Crippen LogP contribution < -0.4 is 20.7 Å². The number of piperazine rings is 1. The van der Waals surface area contributed by atoms with Gasteiger partial charge in [-0.05, 0) is 65.0 Å². The highest BCUT2D eigenvalue weighted by Gasteiger charge is 2.48. The van der Waals surface area contributed by atoms with E-state index in [1.54, 1.807) is 0 Å². The molecular weight excluding hydrogens is 526 g/mol. The maximum Gasteiger partial charge on any atom is 0.319 e. The van der Waals surface area contributed by atoms with Crippen molar-refractivity contribution in [3.63, 3.8) is 0 Å². The van der Waals surface area contributed by atoms with Crippen LogP contribution in [0.1, 0.15) is 67.3 Å². The number of nitrogens with one attached hydrogen (secondary N) is 1. The number of anilines is 2. The molecule has 0 unspecified atom stereocenters. The molecule has 3 N–H and O–H groups in total. The lowest BCUT2D eigenvalue weighted by atomic mass is 9.72. The van der Waals surface area contributed by atoms with Gasteiger partial charge in [0.25, 0.3) is 0 Å². The van der Waals surface area contributed by atoms with Gasteiger partial charge in [-0.3, -0.25) is 4.90 Å². The van der Waals surface area contributed by atoms with E-state index in [-0.39, 0.29) is 5.60 Å². The van der Waals surface area contributed by atoms with Gasteiger partial charge in [0.05, 0.1) is 11.0 Å². The highest BCUT2D eigenvalue weighted by molar-refractivity contribution is 7.16. The molecule has 4 aliphatic rings. The van der Waals surface area contributed by atoms with Crippen molar-refractivity contribution >= 4 is 22.2 Å².